The van der Waals surface area contributed by atoms with E-state index in [2.05, 4.69) is 15.5 Å². The van der Waals surface area contributed by atoms with Gasteiger partial charge in [0.1, 0.15) is 0 Å². The number of benzene rings is 1. The van der Waals surface area contributed by atoms with E-state index >= 15 is 0 Å². The van der Waals surface area contributed by atoms with Gasteiger partial charge in [-0.1, -0.05) is 36.8 Å². The highest BCUT2D eigenvalue weighted by Gasteiger charge is 2.52. The molecule has 0 aromatic heterocycles. The maximum Gasteiger partial charge on any atom is 0.323 e. The first-order chi connectivity index (χ1) is 9.23. The van der Waals surface area contributed by atoms with Crippen molar-refractivity contribution in [3.05, 3.63) is 35.9 Å². The Kier molecular flexibility index (Phi) is 2.98. The SMILES string of the molecule is O=C1NC(=O)[C@](c2ccccc2)(N2CCCCC2)N1. The topological polar surface area (TPSA) is 61.4 Å². The van der Waals surface area contributed by atoms with E-state index < -0.39 is 11.7 Å². The van der Waals surface area contributed by atoms with Gasteiger partial charge in [0.05, 0.1) is 0 Å². The van der Waals surface area contributed by atoms with Gasteiger partial charge in [-0.25, -0.2) is 4.79 Å². The maximum absolute atomic E-state index is 12.4. The van der Waals surface area contributed by atoms with Crippen molar-refractivity contribution in [3.63, 3.8) is 0 Å². The molecule has 0 unspecified atom stereocenters. The minimum atomic E-state index is -1.03. The van der Waals surface area contributed by atoms with Gasteiger partial charge in [0, 0.05) is 18.7 Å². The van der Waals surface area contributed by atoms with Gasteiger partial charge in [0.25, 0.3) is 5.91 Å². The molecule has 1 atom stereocenters. The van der Waals surface area contributed by atoms with Gasteiger partial charge in [-0.05, 0) is 12.8 Å². The van der Waals surface area contributed by atoms with E-state index in [1.54, 1.807) is 0 Å². The summed E-state index contributed by atoms with van der Waals surface area (Å²) >= 11 is 0. The van der Waals surface area contributed by atoms with E-state index in [0.717, 1.165) is 31.5 Å². The number of imide groups is 1. The molecule has 2 heterocycles. The number of hydrogen-bond donors (Lipinski definition) is 2. The predicted molar refractivity (Wildman–Crippen MR) is 70.2 cm³/mol. The number of rotatable bonds is 2. The number of urea groups is 1. The van der Waals surface area contributed by atoms with Crippen molar-refractivity contribution in [2.24, 2.45) is 0 Å². The first-order valence-electron chi connectivity index (χ1n) is 6.67. The van der Waals surface area contributed by atoms with Crippen LogP contribution in [0.25, 0.3) is 0 Å². The smallest absolute Gasteiger partial charge is 0.307 e. The number of amides is 3. The monoisotopic (exact) mass is 259 g/mol. The summed E-state index contributed by atoms with van der Waals surface area (Å²) in [6.45, 7) is 1.64. The third kappa shape index (κ3) is 1.90. The number of nitrogens with one attached hydrogen (secondary N) is 2. The van der Waals surface area contributed by atoms with Crippen molar-refractivity contribution in [2.45, 2.75) is 24.9 Å². The molecule has 0 spiro atoms. The Morgan fingerprint density at radius 2 is 1.68 bits per heavy atom. The lowest BCUT2D eigenvalue weighted by molar-refractivity contribution is -0.132. The predicted octanol–water partition coefficient (Wildman–Crippen LogP) is 1.16. The lowest BCUT2D eigenvalue weighted by Gasteiger charge is -2.40. The van der Waals surface area contributed by atoms with Crippen LogP contribution in [0.5, 0.6) is 0 Å². The van der Waals surface area contributed by atoms with E-state index in [9.17, 15) is 9.59 Å². The van der Waals surface area contributed by atoms with Gasteiger partial charge >= 0.3 is 6.03 Å². The fourth-order valence-corrected chi connectivity index (χ4v) is 2.96. The maximum atomic E-state index is 12.4. The van der Waals surface area contributed by atoms with Gasteiger partial charge in [-0.2, -0.15) is 0 Å². The molecule has 2 N–H and O–H groups in total. The highest BCUT2D eigenvalue weighted by atomic mass is 16.2. The van der Waals surface area contributed by atoms with Gasteiger partial charge in [0.15, 0.2) is 0 Å². The van der Waals surface area contributed by atoms with Gasteiger partial charge in [0.2, 0.25) is 5.66 Å². The lowest BCUT2D eigenvalue weighted by Crippen LogP contribution is -2.59. The number of nitrogens with zero attached hydrogens (tertiary/aromatic N) is 1. The number of carbonyl (C=O) groups is 2. The Balaban J connectivity index is 2.05. The summed E-state index contributed by atoms with van der Waals surface area (Å²) in [6.07, 6.45) is 3.28. The molecule has 2 aliphatic rings. The Hall–Kier alpha value is -1.88. The van der Waals surface area contributed by atoms with E-state index in [-0.39, 0.29) is 5.91 Å². The molecular weight excluding hydrogens is 242 g/mol. The molecule has 5 heteroatoms. The molecular formula is C14H17N3O2. The molecule has 0 bridgehead atoms. The zero-order valence-corrected chi connectivity index (χ0v) is 10.7. The zero-order chi connectivity index (χ0) is 13.3. The first-order valence-corrected chi connectivity index (χ1v) is 6.67. The Morgan fingerprint density at radius 3 is 2.26 bits per heavy atom. The summed E-state index contributed by atoms with van der Waals surface area (Å²) < 4.78 is 0. The third-order valence-corrected chi connectivity index (χ3v) is 3.87. The summed E-state index contributed by atoms with van der Waals surface area (Å²) in [5, 5.41) is 5.20. The normalized spacial score (nSPS) is 28.0. The van der Waals surface area contributed by atoms with E-state index in [1.165, 1.54) is 6.42 Å². The average molecular weight is 259 g/mol. The number of likely N-dealkylation sites (tertiary alicyclic amines) is 1. The van der Waals surface area contributed by atoms with Crippen molar-refractivity contribution in [3.8, 4) is 0 Å². The van der Waals surface area contributed by atoms with Crippen LogP contribution >= 0.6 is 0 Å². The molecule has 2 saturated heterocycles. The second-order valence-corrected chi connectivity index (χ2v) is 5.03. The van der Waals surface area contributed by atoms with Crippen LogP contribution in [0.4, 0.5) is 4.79 Å². The number of piperidine rings is 1. The van der Waals surface area contributed by atoms with Crippen LogP contribution in [0.3, 0.4) is 0 Å². The van der Waals surface area contributed by atoms with Crippen molar-refractivity contribution in [1.29, 1.82) is 0 Å². The van der Waals surface area contributed by atoms with Crippen LogP contribution in [0, 0.1) is 0 Å². The van der Waals surface area contributed by atoms with Crippen LogP contribution in [0.1, 0.15) is 24.8 Å². The first kappa shape index (κ1) is 12.2. The van der Waals surface area contributed by atoms with Gasteiger partial charge in [-0.15, -0.1) is 0 Å². The van der Waals surface area contributed by atoms with Gasteiger partial charge in [-0.3, -0.25) is 15.0 Å². The molecule has 2 aliphatic heterocycles. The molecule has 19 heavy (non-hydrogen) atoms. The molecule has 3 amide bonds. The molecule has 1 aromatic rings. The second-order valence-electron chi connectivity index (χ2n) is 5.03. The van der Waals surface area contributed by atoms with Crippen LogP contribution < -0.4 is 10.6 Å². The minimum absolute atomic E-state index is 0.273. The van der Waals surface area contributed by atoms with E-state index in [0.29, 0.717) is 0 Å². The molecule has 0 saturated carbocycles. The zero-order valence-electron chi connectivity index (χ0n) is 10.7. The van der Waals surface area contributed by atoms with Crippen molar-refractivity contribution < 1.29 is 9.59 Å². The number of carbonyl (C=O) groups excluding carboxylic acids is 2. The van der Waals surface area contributed by atoms with Crippen LogP contribution in [0.15, 0.2) is 30.3 Å². The van der Waals surface area contributed by atoms with Crippen LogP contribution in [0.2, 0.25) is 0 Å². The summed E-state index contributed by atoms with van der Waals surface area (Å²) in [6, 6.07) is 9.04. The van der Waals surface area contributed by atoms with Crippen molar-refractivity contribution >= 4 is 11.9 Å². The van der Waals surface area contributed by atoms with Gasteiger partial charge < -0.3 is 5.32 Å². The molecule has 0 radical (unpaired) electrons. The second kappa shape index (κ2) is 4.66. The Bertz CT molecular complexity index is 497. The summed E-state index contributed by atoms with van der Waals surface area (Å²) in [5.41, 5.74) is -0.209. The summed E-state index contributed by atoms with van der Waals surface area (Å²) in [4.78, 5) is 26.1. The quantitative estimate of drug-likeness (QED) is 0.784. The molecule has 3 rings (SSSR count). The molecule has 5 nitrogen and oxygen atoms in total. The Labute approximate surface area is 112 Å². The van der Waals surface area contributed by atoms with Crippen LogP contribution in [-0.2, 0) is 10.5 Å². The number of hydrogen-bond acceptors (Lipinski definition) is 3. The third-order valence-electron chi connectivity index (χ3n) is 3.87. The molecule has 2 fully saturated rings. The standard InChI is InChI=1S/C14H17N3O2/c18-12-14(16-13(19)15-12,11-7-3-1-4-8-11)17-9-5-2-6-10-17/h1,3-4,7-8H,2,5-6,9-10H2,(H2,15,16,18,19)/t14-/m0/s1. The van der Waals surface area contributed by atoms with E-state index in [4.69, 9.17) is 0 Å². The van der Waals surface area contributed by atoms with E-state index in [1.807, 2.05) is 30.3 Å². The fourth-order valence-electron chi connectivity index (χ4n) is 2.96. The van der Waals surface area contributed by atoms with Crippen LogP contribution in [-0.4, -0.2) is 29.9 Å². The highest BCUT2D eigenvalue weighted by molar-refractivity contribution is 6.07. The largest absolute Gasteiger partial charge is 0.323 e. The Morgan fingerprint density at radius 1 is 1.00 bits per heavy atom. The van der Waals surface area contributed by atoms with Crippen molar-refractivity contribution in [2.75, 3.05) is 13.1 Å². The highest BCUT2D eigenvalue weighted by Crippen LogP contribution is 2.31. The lowest BCUT2D eigenvalue weighted by atomic mass is 9.94. The minimum Gasteiger partial charge on any atom is -0.307 e. The summed E-state index contributed by atoms with van der Waals surface area (Å²) in [7, 11) is 0. The molecule has 0 aliphatic carbocycles. The molecule has 100 valence electrons. The van der Waals surface area contributed by atoms with Crippen molar-refractivity contribution in [1.82, 2.24) is 15.5 Å². The summed E-state index contributed by atoms with van der Waals surface area (Å²) in [5.74, 6) is -0.273. The fraction of sp³-hybridized carbons (Fsp3) is 0.429. The average Bonchev–Trinajstić information content (AvgIpc) is 2.76. The molecule has 1 aromatic carbocycles.